The third kappa shape index (κ3) is 2.75. The van der Waals surface area contributed by atoms with Gasteiger partial charge in [-0.2, -0.15) is 0 Å². The second kappa shape index (κ2) is 5.74. The van der Waals surface area contributed by atoms with E-state index in [1.807, 2.05) is 6.07 Å². The van der Waals surface area contributed by atoms with Crippen molar-refractivity contribution >= 4 is 11.6 Å². The van der Waals surface area contributed by atoms with Gasteiger partial charge >= 0.3 is 0 Å². The lowest BCUT2D eigenvalue weighted by Gasteiger charge is -2.31. The first-order chi connectivity index (χ1) is 8.26. The predicted octanol–water partition coefficient (Wildman–Crippen LogP) is 3.58. The van der Waals surface area contributed by atoms with Crippen molar-refractivity contribution in [2.24, 2.45) is 11.7 Å². The Morgan fingerprint density at radius 3 is 2.82 bits per heavy atom. The molecule has 1 saturated carbocycles. The lowest BCUT2D eigenvalue weighted by Crippen LogP contribution is -2.25. The Labute approximate surface area is 108 Å². The standard InChI is InChI=1S/C14H20ClNO/c1-17-14-8-10(6-7-13(14)15)12-5-3-2-4-11(12)9-16/h6-8,11-12H,2-5,9,16H2,1H3. The number of hydrogen-bond donors (Lipinski definition) is 1. The zero-order valence-electron chi connectivity index (χ0n) is 10.3. The topological polar surface area (TPSA) is 35.2 Å². The van der Waals surface area contributed by atoms with E-state index < -0.39 is 0 Å². The zero-order valence-corrected chi connectivity index (χ0v) is 11.0. The van der Waals surface area contributed by atoms with Crippen LogP contribution in [0.15, 0.2) is 18.2 Å². The summed E-state index contributed by atoms with van der Waals surface area (Å²) >= 11 is 6.06. The molecule has 0 bridgehead atoms. The summed E-state index contributed by atoms with van der Waals surface area (Å²) in [6.07, 6.45) is 5.08. The molecule has 1 fully saturated rings. The van der Waals surface area contributed by atoms with Gasteiger partial charge in [0.1, 0.15) is 5.75 Å². The summed E-state index contributed by atoms with van der Waals surface area (Å²) in [6, 6.07) is 6.11. The fourth-order valence-electron chi connectivity index (χ4n) is 2.84. The average Bonchev–Trinajstić information content (AvgIpc) is 2.39. The van der Waals surface area contributed by atoms with Crippen molar-refractivity contribution in [3.63, 3.8) is 0 Å². The van der Waals surface area contributed by atoms with Crippen LogP contribution in [0.1, 0.15) is 37.2 Å². The molecule has 2 atom stereocenters. The molecule has 2 N–H and O–H groups in total. The van der Waals surface area contributed by atoms with Gasteiger partial charge < -0.3 is 10.5 Å². The lowest BCUT2D eigenvalue weighted by molar-refractivity contribution is 0.313. The van der Waals surface area contributed by atoms with Gasteiger partial charge in [0, 0.05) is 0 Å². The highest BCUT2D eigenvalue weighted by Crippen LogP contribution is 2.39. The molecule has 0 saturated heterocycles. The summed E-state index contributed by atoms with van der Waals surface area (Å²) in [7, 11) is 1.66. The second-order valence-electron chi connectivity index (χ2n) is 4.78. The SMILES string of the molecule is COc1cc(C2CCCCC2CN)ccc1Cl. The molecular weight excluding hydrogens is 234 g/mol. The Morgan fingerprint density at radius 2 is 2.12 bits per heavy atom. The first kappa shape index (κ1) is 12.7. The van der Waals surface area contributed by atoms with Crippen LogP contribution in [-0.2, 0) is 0 Å². The quantitative estimate of drug-likeness (QED) is 0.894. The third-order valence-corrected chi connectivity index (χ3v) is 4.13. The molecule has 1 aromatic carbocycles. The second-order valence-corrected chi connectivity index (χ2v) is 5.19. The fraction of sp³-hybridized carbons (Fsp3) is 0.571. The highest BCUT2D eigenvalue weighted by molar-refractivity contribution is 6.32. The molecule has 0 radical (unpaired) electrons. The van der Waals surface area contributed by atoms with Gasteiger partial charge in [-0.25, -0.2) is 0 Å². The van der Waals surface area contributed by atoms with Crippen LogP contribution in [0.25, 0.3) is 0 Å². The molecule has 2 rings (SSSR count). The van der Waals surface area contributed by atoms with Crippen molar-refractivity contribution in [1.29, 1.82) is 0 Å². The molecule has 2 nitrogen and oxygen atoms in total. The van der Waals surface area contributed by atoms with E-state index in [0.717, 1.165) is 12.3 Å². The molecule has 1 aromatic rings. The van der Waals surface area contributed by atoms with Crippen LogP contribution in [0, 0.1) is 5.92 Å². The largest absolute Gasteiger partial charge is 0.495 e. The highest BCUT2D eigenvalue weighted by Gasteiger charge is 2.25. The first-order valence-corrected chi connectivity index (χ1v) is 6.67. The van der Waals surface area contributed by atoms with E-state index in [-0.39, 0.29) is 0 Å². The average molecular weight is 254 g/mol. The summed E-state index contributed by atoms with van der Waals surface area (Å²) in [5, 5.41) is 0.677. The number of halogens is 1. The Bertz CT molecular complexity index is 380. The monoisotopic (exact) mass is 253 g/mol. The Balaban J connectivity index is 2.25. The number of benzene rings is 1. The number of rotatable bonds is 3. The number of hydrogen-bond acceptors (Lipinski definition) is 2. The summed E-state index contributed by atoms with van der Waals surface area (Å²) in [5.74, 6) is 1.94. The minimum absolute atomic E-state index is 0.569. The maximum Gasteiger partial charge on any atom is 0.137 e. The normalized spacial score (nSPS) is 24.6. The van der Waals surface area contributed by atoms with Gasteiger partial charge in [0.15, 0.2) is 0 Å². The van der Waals surface area contributed by atoms with Crippen molar-refractivity contribution in [3.8, 4) is 5.75 Å². The minimum Gasteiger partial charge on any atom is -0.495 e. The van der Waals surface area contributed by atoms with E-state index >= 15 is 0 Å². The number of nitrogens with two attached hydrogens (primary N) is 1. The Kier molecular flexibility index (Phi) is 4.30. The van der Waals surface area contributed by atoms with Crippen LogP contribution in [0.5, 0.6) is 5.75 Å². The molecule has 1 aliphatic rings. The molecule has 17 heavy (non-hydrogen) atoms. The molecule has 0 aromatic heterocycles. The molecular formula is C14H20ClNO. The first-order valence-electron chi connectivity index (χ1n) is 6.29. The Hall–Kier alpha value is -0.730. The third-order valence-electron chi connectivity index (χ3n) is 3.82. The molecule has 0 amide bonds. The van der Waals surface area contributed by atoms with Gasteiger partial charge in [0.2, 0.25) is 0 Å². The summed E-state index contributed by atoms with van der Waals surface area (Å²) in [6.45, 7) is 0.773. The molecule has 94 valence electrons. The molecule has 1 aliphatic carbocycles. The Morgan fingerprint density at radius 1 is 1.35 bits per heavy atom. The van der Waals surface area contributed by atoms with Crippen molar-refractivity contribution in [1.82, 2.24) is 0 Å². The molecule has 0 spiro atoms. The molecule has 0 heterocycles. The van der Waals surface area contributed by atoms with Crippen molar-refractivity contribution in [2.45, 2.75) is 31.6 Å². The van der Waals surface area contributed by atoms with Crippen LogP contribution < -0.4 is 10.5 Å². The fourth-order valence-corrected chi connectivity index (χ4v) is 3.03. The van der Waals surface area contributed by atoms with Crippen LogP contribution in [0.4, 0.5) is 0 Å². The summed E-state index contributed by atoms with van der Waals surface area (Å²) < 4.78 is 5.28. The van der Waals surface area contributed by atoms with Gasteiger partial charge in [-0.15, -0.1) is 0 Å². The lowest BCUT2D eigenvalue weighted by atomic mass is 9.75. The summed E-state index contributed by atoms with van der Waals surface area (Å²) in [5.41, 5.74) is 7.19. The maximum absolute atomic E-state index is 6.06. The van der Waals surface area contributed by atoms with Gasteiger partial charge in [-0.05, 0) is 48.9 Å². The van der Waals surface area contributed by atoms with E-state index in [0.29, 0.717) is 16.9 Å². The number of ether oxygens (including phenoxy) is 1. The van der Waals surface area contributed by atoms with E-state index in [2.05, 4.69) is 12.1 Å². The number of methoxy groups -OCH3 is 1. The molecule has 2 unspecified atom stereocenters. The predicted molar refractivity (Wildman–Crippen MR) is 71.8 cm³/mol. The van der Waals surface area contributed by atoms with Crippen molar-refractivity contribution < 1.29 is 4.74 Å². The van der Waals surface area contributed by atoms with E-state index in [9.17, 15) is 0 Å². The van der Waals surface area contributed by atoms with Gasteiger partial charge in [0.05, 0.1) is 12.1 Å². The van der Waals surface area contributed by atoms with Crippen LogP contribution >= 0.6 is 11.6 Å². The van der Waals surface area contributed by atoms with Gasteiger partial charge in [-0.3, -0.25) is 0 Å². The minimum atomic E-state index is 0.569. The van der Waals surface area contributed by atoms with E-state index in [4.69, 9.17) is 22.1 Å². The smallest absolute Gasteiger partial charge is 0.137 e. The van der Waals surface area contributed by atoms with E-state index in [1.165, 1.54) is 31.2 Å². The van der Waals surface area contributed by atoms with Crippen molar-refractivity contribution in [3.05, 3.63) is 28.8 Å². The van der Waals surface area contributed by atoms with Gasteiger partial charge in [-0.1, -0.05) is 30.5 Å². The summed E-state index contributed by atoms with van der Waals surface area (Å²) in [4.78, 5) is 0. The van der Waals surface area contributed by atoms with Gasteiger partial charge in [0.25, 0.3) is 0 Å². The van der Waals surface area contributed by atoms with E-state index in [1.54, 1.807) is 7.11 Å². The van der Waals surface area contributed by atoms with Crippen LogP contribution in [0.2, 0.25) is 5.02 Å². The molecule has 3 heteroatoms. The molecule has 0 aliphatic heterocycles. The van der Waals surface area contributed by atoms with Crippen molar-refractivity contribution in [2.75, 3.05) is 13.7 Å². The highest BCUT2D eigenvalue weighted by atomic mass is 35.5. The zero-order chi connectivity index (χ0) is 12.3. The van der Waals surface area contributed by atoms with Crippen LogP contribution in [0.3, 0.4) is 0 Å². The van der Waals surface area contributed by atoms with Crippen LogP contribution in [-0.4, -0.2) is 13.7 Å². The maximum atomic E-state index is 6.06.